The fourth-order valence-electron chi connectivity index (χ4n) is 3.20. The quantitative estimate of drug-likeness (QED) is 0.462. The van der Waals surface area contributed by atoms with Crippen LogP contribution in [0.3, 0.4) is 0 Å². The minimum absolute atomic E-state index is 0.00103. The second-order valence-electron chi connectivity index (χ2n) is 6.49. The van der Waals surface area contributed by atoms with Crippen molar-refractivity contribution in [2.24, 2.45) is 0 Å². The molecule has 0 unspecified atom stereocenters. The number of nitrogens with one attached hydrogen (secondary N) is 1. The molecule has 0 aliphatic carbocycles. The van der Waals surface area contributed by atoms with Gasteiger partial charge >= 0.3 is 6.18 Å². The zero-order valence-electron chi connectivity index (χ0n) is 15.3. The molecular formula is C18H18BF4N3O2. The first kappa shape index (κ1) is 20.0. The van der Waals surface area contributed by atoms with Crippen LogP contribution in [0.2, 0.25) is 6.82 Å². The molecule has 0 spiro atoms. The Morgan fingerprint density at radius 2 is 2.11 bits per heavy atom. The number of benzene rings is 1. The van der Waals surface area contributed by atoms with Gasteiger partial charge in [-0.2, -0.15) is 13.2 Å². The monoisotopic (exact) mass is 395 g/mol. The summed E-state index contributed by atoms with van der Waals surface area (Å²) < 4.78 is 55.0. The third kappa shape index (κ3) is 3.50. The number of alkyl halides is 3. The Balaban J connectivity index is 2.19. The fourth-order valence-corrected chi connectivity index (χ4v) is 3.20. The number of phenols is 1. The lowest BCUT2D eigenvalue weighted by Gasteiger charge is -2.16. The molecule has 5 nitrogen and oxygen atoms in total. The van der Waals surface area contributed by atoms with Crippen LogP contribution in [0.25, 0.3) is 6.20 Å². The molecule has 2 N–H and O–H groups in total. The van der Waals surface area contributed by atoms with Gasteiger partial charge in [-0.25, -0.2) is 9.37 Å². The number of hydrogen-bond acceptors (Lipinski definition) is 4. The zero-order chi connectivity index (χ0) is 20.6. The van der Waals surface area contributed by atoms with E-state index < -0.39 is 29.1 Å². The van der Waals surface area contributed by atoms with Crippen molar-refractivity contribution in [1.29, 1.82) is 0 Å². The van der Waals surface area contributed by atoms with Crippen molar-refractivity contribution in [3.63, 3.8) is 0 Å². The summed E-state index contributed by atoms with van der Waals surface area (Å²) in [5, 5.41) is 12.7. The molecule has 148 valence electrons. The number of rotatable bonds is 5. The molecule has 1 aromatic carbocycles. The number of halogens is 4. The van der Waals surface area contributed by atoms with Gasteiger partial charge in [0.1, 0.15) is 24.5 Å². The van der Waals surface area contributed by atoms with Crippen LogP contribution in [0.5, 0.6) is 5.75 Å². The molecule has 0 amide bonds. The van der Waals surface area contributed by atoms with Crippen molar-refractivity contribution < 1.29 is 27.5 Å². The van der Waals surface area contributed by atoms with Crippen LogP contribution in [0.15, 0.2) is 18.0 Å². The minimum Gasteiger partial charge on any atom is -0.507 e. The third-order valence-electron chi connectivity index (χ3n) is 4.49. The molecule has 1 aliphatic rings. The van der Waals surface area contributed by atoms with E-state index in [1.807, 2.05) is 0 Å². The molecule has 2 aromatic rings. The van der Waals surface area contributed by atoms with Crippen LogP contribution >= 0.6 is 0 Å². The van der Waals surface area contributed by atoms with E-state index in [9.17, 15) is 27.5 Å². The molecule has 1 aliphatic heterocycles. The Morgan fingerprint density at radius 3 is 2.71 bits per heavy atom. The number of hydrogen-bond donors (Lipinski definition) is 2. The number of carbonyl (C=O) groups excluding carboxylic acids is 1. The second-order valence-corrected chi connectivity index (χ2v) is 6.49. The number of aromatic hydroxyl groups is 1. The average Bonchev–Trinajstić information content (AvgIpc) is 2.99. The SMILES string of the molecule is CBCc1cc(C(=O)c2c(CC)nc3n2C=C(F)CN3)cc(C(F)(F)F)c1O. The van der Waals surface area contributed by atoms with Crippen molar-refractivity contribution >= 4 is 25.2 Å². The van der Waals surface area contributed by atoms with Gasteiger partial charge in [0.15, 0.2) is 0 Å². The van der Waals surface area contributed by atoms with E-state index >= 15 is 0 Å². The number of fused-ring (bicyclic) bond motifs is 1. The molecular weight excluding hydrogens is 377 g/mol. The zero-order valence-corrected chi connectivity index (χ0v) is 15.3. The van der Waals surface area contributed by atoms with E-state index in [0.29, 0.717) is 25.5 Å². The Bertz CT molecular complexity index is 967. The van der Waals surface area contributed by atoms with Gasteiger partial charge < -0.3 is 10.4 Å². The smallest absolute Gasteiger partial charge is 0.419 e. The molecule has 28 heavy (non-hydrogen) atoms. The first-order valence-corrected chi connectivity index (χ1v) is 8.86. The van der Waals surface area contributed by atoms with E-state index in [2.05, 4.69) is 10.3 Å². The van der Waals surface area contributed by atoms with Crippen molar-refractivity contribution in [3.05, 3.63) is 46.0 Å². The number of ketones is 1. The van der Waals surface area contributed by atoms with E-state index in [1.54, 1.807) is 13.7 Å². The highest BCUT2D eigenvalue weighted by Gasteiger charge is 2.36. The first-order chi connectivity index (χ1) is 13.2. The molecule has 0 bridgehead atoms. The van der Waals surface area contributed by atoms with Gasteiger partial charge in [-0.1, -0.05) is 13.7 Å². The number of phenolic OH excluding ortho intramolecular Hbond substituents is 1. The largest absolute Gasteiger partial charge is 0.507 e. The maximum absolute atomic E-state index is 13.7. The van der Waals surface area contributed by atoms with Crippen molar-refractivity contribution in [2.75, 3.05) is 11.9 Å². The summed E-state index contributed by atoms with van der Waals surface area (Å²) >= 11 is 0. The standard InChI is InChI=1S/C18H18BF4N3O2/c1-3-13-14(26-8-11(20)7-24-17(26)25-13)16(28)9-4-10(6-19-2)15(27)12(5-9)18(21,22)23/h4-5,8,19,27H,3,6-7H2,1-2H3,(H,24,25). The summed E-state index contributed by atoms with van der Waals surface area (Å²) in [7, 11) is 0.489. The summed E-state index contributed by atoms with van der Waals surface area (Å²) in [4.78, 5) is 17.4. The number of carbonyl (C=O) groups is 1. The van der Waals surface area contributed by atoms with Crippen LogP contribution in [0, 0.1) is 0 Å². The Labute approximate surface area is 159 Å². The summed E-state index contributed by atoms with van der Waals surface area (Å²) in [5.41, 5.74) is -1.11. The first-order valence-electron chi connectivity index (χ1n) is 8.86. The highest BCUT2D eigenvalue weighted by Crippen LogP contribution is 2.39. The van der Waals surface area contributed by atoms with Gasteiger partial charge in [-0.3, -0.25) is 9.36 Å². The van der Waals surface area contributed by atoms with Crippen molar-refractivity contribution in [1.82, 2.24) is 9.55 Å². The van der Waals surface area contributed by atoms with Gasteiger partial charge in [0.05, 0.1) is 17.8 Å². The normalized spacial score (nSPS) is 13.6. The van der Waals surface area contributed by atoms with Crippen LogP contribution in [0.4, 0.5) is 23.5 Å². The second kappa shape index (κ2) is 7.33. The van der Waals surface area contributed by atoms with Gasteiger partial charge in [0.25, 0.3) is 0 Å². The molecule has 10 heteroatoms. The van der Waals surface area contributed by atoms with Crippen LogP contribution < -0.4 is 5.32 Å². The van der Waals surface area contributed by atoms with E-state index in [1.165, 1.54) is 10.6 Å². The molecule has 1 aromatic heterocycles. The van der Waals surface area contributed by atoms with Crippen LogP contribution in [-0.4, -0.2) is 34.3 Å². The Kier molecular flexibility index (Phi) is 5.23. The molecule has 3 rings (SSSR count). The van der Waals surface area contributed by atoms with Gasteiger partial charge in [0.2, 0.25) is 11.7 Å². The number of imidazole rings is 1. The summed E-state index contributed by atoms with van der Waals surface area (Å²) in [5.74, 6) is -1.86. The molecule has 0 radical (unpaired) electrons. The van der Waals surface area contributed by atoms with Crippen molar-refractivity contribution in [2.45, 2.75) is 32.7 Å². The van der Waals surface area contributed by atoms with E-state index in [-0.39, 0.29) is 35.6 Å². The van der Waals surface area contributed by atoms with Crippen LogP contribution in [0.1, 0.15) is 39.8 Å². The van der Waals surface area contributed by atoms with Crippen LogP contribution in [-0.2, 0) is 18.9 Å². The maximum Gasteiger partial charge on any atom is 0.419 e. The predicted octanol–water partition coefficient (Wildman–Crippen LogP) is 3.58. The van der Waals surface area contributed by atoms with E-state index in [4.69, 9.17) is 0 Å². The number of aryl methyl sites for hydroxylation is 1. The number of aromatic nitrogens is 2. The maximum atomic E-state index is 13.7. The topological polar surface area (TPSA) is 67.2 Å². The lowest BCUT2D eigenvalue weighted by molar-refractivity contribution is -0.138. The molecule has 0 fully saturated rings. The summed E-state index contributed by atoms with van der Waals surface area (Å²) in [6.45, 7) is 3.42. The third-order valence-corrected chi connectivity index (χ3v) is 4.49. The molecule has 0 atom stereocenters. The predicted molar refractivity (Wildman–Crippen MR) is 98.7 cm³/mol. The Morgan fingerprint density at radius 1 is 1.39 bits per heavy atom. The summed E-state index contributed by atoms with van der Waals surface area (Å²) in [6.07, 6.45) is -3.20. The van der Waals surface area contributed by atoms with Gasteiger partial charge in [0, 0.05) is 11.8 Å². The number of nitrogens with zero attached hydrogens (tertiary/aromatic N) is 2. The lowest BCUT2D eigenvalue weighted by atomic mass is 9.74. The van der Waals surface area contributed by atoms with Gasteiger partial charge in [-0.15, -0.1) is 0 Å². The minimum atomic E-state index is -4.82. The average molecular weight is 395 g/mol. The highest BCUT2D eigenvalue weighted by molar-refractivity contribution is 6.33. The fraction of sp³-hybridized carbons (Fsp3) is 0.333. The lowest BCUT2D eigenvalue weighted by Crippen LogP contribution is -2.17. The van der Waals surface area contributed by atoms with E-state index in [0.717, 1.165) is 6.20 Å². The Hall–Kier alpha value is -2.78. The van der Waals surface area contributed by atoms with Gasteiger partial charge in [-0.05, 0) is 30.4 Å². The molecule has 0 saturated heterocycles. The molecule has 2 heterocycles. The molecule has 0 saturated carbocycles. The summed E-state index contributed by atoms with van der Waals surface area (Å²) in [6, 6.07) is 1.89. The highest BCUT2D eigenvalue weighted by atomic mass is 19.4. The number of anilines is 1. The van der Waals surface area contributed by atoms with Crippen molar-refractivity contribution in [3.8, 4) is 5.75 Å².